The number of benzene rings is 1. The van der Waals surface area contributed by atoms with Crippen LogP contribution in [0.5, 0.6) is 0 Å². The lowest BCUT2D eigenvalue weighted by molar-refractivity contribution is 0.125. The average molecular weight is 317 g/mol. The summed E-state index contributed by atoms with van der Waals surface area (Å²) in [5.41, 5.74) is 0.647. The molecule has 0 spiro atoms. The molecule has 0 radical (unpaired) electrons. The smallest absolute Gasteiger partial charge is 0.322 e. The number of hydrogen-bond donors (Lipinski definition) is 2. The third-order valence-corrected chi connectivity index (χ3v) is 3.97. The fourth-order valence-electron chi connectivity index (χ4n) is 1.75. The van der Waals surface area contributed by atoms with Crippen molar-refractivity contribution in [3.8, 4) is 0 Å². The normalized spacial score (nSPS) is 12.3. The van der Waals surface area contributed by atoms with Crippen LogP contribution in [0.4, 0.5) is 10.5 Å². The number of halogens is 1. The maximum absolute atomic E-state index is 12.2. The Morgan fingerprint density at radius 2 is 2.10 bits per heavy atom. The molecule has 1 aromatic rings. The summed E-state index contributed by atoms with van der Waals surface area (Å²) < 4.78 is 0. The molecule has 1 rings (SSSR count). The van der Waals surface area contributed by atoms with Crippen molar-refractivity contribution in [3.63, 3.8) is 0 Å². The van der Waals surface area contributed by atoms with E-state index in [2.05, 4.69) is 5.32 Å². The van der Waals surface area contributed by atoms with Crippen LogP contribution in [0.15, 0.2) is 23.1 Å². The first-order chi connectivity index (χ1) is 9.35. The quantitative estimate of drug-likeness (QED) is 0.815. The maximum atomic E-state index is 12.2. The highest BCUT2D eigenvalue weighted by molar-refractivity contribution is 7.98. The van der Waals surface area contributed by atoms with Crippen molar-refractivity contribution in [1.29, 1.82) is 0 Å². The van der Waals surface area contributed by atoms with Crippen LogP contribution in [0.1, 0.15) is 20.8 Å². The third-order valence-electron chi connectivity index (χ3n) is 2.75. The van der Waals surface area contributed by atoms with E-state index in [-0.39, 0.29) is 12.1 Å². The van der Waals surface area contributed by atoms with Crippen LogP contribution in [0, 0.1) is 0 Å². The van der Waals surface area contributed by atoms with Crippen molar-refractivity contribution in [2.24, 2.45) is 0 Å². The third kappa shape index (κ3) is 4.89. The second-order valence-electron chi connectivity index (χ2n) is 4.87. The molecule has 2 N–H and O–H groups in total. The number of amides is 2. The molecule has 4 nitrogen and oxygen atoms in total. The Labute approximate surface area is 129 Å². The van der Waals surface area contributed by atoms with E-state index in [4.69, 9.17) is 11.6 Å². The summed E-state index contributed by atoms with van der Waals surface area (Å²) in [7, 11) is 0. The zero-order valence-electron chi connectivity index (χ0n) is 12.2. The van der Waals surface area contributed by atoms with E-state index in [1.54, 1.807) is 29.7 Å². The number of urea groups is 1. The molecule has 6 heteroatoms. The van der Waals surface area contributed by atoms with E-state index >= 15 is 0 Å². The molecule has 20 heavy (non-hydrogen) atoms. The first kappa shape index (κ1) is 17.1. The van der Waals surface area contributed by atoms with Crippen molar-refractivity contribution in [1.82, 2.24) is 4.90 Å². The Morgan fingerprint density at radius 1 is 1.45 bits per heavy atom. The van der Waals surface area contributed by atoms with E-state index in [1.807, 2.05) is 32.2 Å². The molecule has 1 aromatic carbocycles. The van der Waals surface area contributed by atoms with Gasteiger partial charge in [-0.05, 0) is 45.2 Å². The summed E-state index contributed by atoms with van der Waals surface area (Å²) in [6, 6.07) is 5.18. The number of thioether (sulfide) groups is 1. The summed E-state index contributed by atoms with van der Waals surface area (Å²) >= 11 is 7.67. The minimum absolute atomic E-state index is 0.00513. The van der Waals surface area contributed by atoms with E-state index in [9.17, 15) is 9.90 Å². The fourth-order valence-corrected chi connectivity index (χ4v) is 2.62. The molecular formula is C14H21ClN2O2S. The van der Waals surface area contributed by atoms with Crippen molar-refractivity contribution in [3.05, 3.63) is 23.2 Å². The zero-order valence-corrected chi connectivity index (χ0v) is 13.8. The number of hydrogen-bond acceptors (Lipinski definition) is 3. The number of nitrogens with one attached hydrogen (secondary N) is 1. The second-order valence-corrected chi connectivity index (χ2v) is 6.13. The van der Waals surface area contributed by atoms with E-state index in [0.717, 1.165) is 4.90 Å². The fraction of sp³-hybridized carbons (Fsp3) is 0.500. The molecule has 1 unspecified atom stereocenters. The van der Waals surface area contributed by atoms with Gasteiger partial charge in [-0.2, -0.15) is 0 Å². The van der Waals surface area contributed by atoms with Gasteiger partial charge in [0.05, 0.1) is 11.1 Å². The van der Waals surface area contributed by atoms with Crippen LogP contribution in [-0.2, 0) is 0 Å². The Bertz CT molecular complexity index is 466. The van der Waals surface area contributed by atoms with Crippen LogP contribution in [-0.4, -0.2) is 41.0 Å². The Kier molecular flexibility index (Phi) is 6.65. The second kappa shape index (κ2) is 7.76. The van der Waals surface area contributed by atoms with E-state index in [0.29, 0.717) is 17.3 Å². The van der Waals surface area contributed by atoms with Crippen molar-refractivity contribution in [2.45, 2.75) is 37.8 Å². The van der Waals surface area contributed by atoms with Gasteiger partial charge in [-0.15, -0.1) is 11.8 Å². The zero-order chi connectivity index (χ0) is 15.3. The van der Waals surface area contributed by atoms with Crippen LogP contribution in [0.3, 0.4) is 0 Å². The van der Waals surface area contributed by atoms with Gasteiger partial charge in [0.2, 0.25) is 0 Å². The van der Waals surface area contributed by atoms with Crippen molar-refractivity contribution < 1.29 is 9.90 Å². The van der Waals surface area contributed by atoms with Gasteiger partial charge in [0, 0.05) is 23.2 Å². The SMILES string of the molecule is CSc1ccc(NC(=O)N(CC(C)O)C(C)C)cc1Cl. The summed E-state index contributed by atoms with van der Waals surface area (Å²) in [6.45, 7) is 5.77. The standard InChI is InChI=1S/C14H21ClN2O2S/c1-9(2)17(8-10(3)18)14(19)16-11-5-6-13(20-4)12(15)7-11/h5-7,9-10,18H,8H2,1-4H3,(H,16,19). The lowest BCUT2D eigenvalue weighted by Crippen LogP contribution is -2.43. The molecule has 0 aromatic heterocycles. The number of carbonyl (C=O) groups excluding carboxylic acids is 1. The van der Waals surface area contributed by atoms with Gasteiger partial charge in [0.25, 0.3) is 0 Å². The van der Waals surface area contributed by atoms with Crippen LogP contribution in [0.2, 0.25) is 5.02 Å². The highest BCUT2D eigenvalue weighted by atomic mass is 35.5. The van der Waals surface area contributed by atoms with E-state index < -0.39 is 6.10 Å². The highest BCUT2D eigenvalue weighted by Crippen LogP contribution is 2.28. The molecule has 1 atom stereocenters. The van der Waals surface area contributed by atoms with Crippen LogP contribution >= 0.6 is 23.4 Å². The topological polar surface area (TPSA) is 52.6 Å². The first-order valence-corrected chi connectivity index (χ1v) is 8.04. The molecular weight excluding hydrogens is 296 g/mol. The summed E-state index contributed by atoms with van der Waals surface area (Å²) in [4.78, 5) is 14.8. The predicted octanol–water partition coefficient (Wildman–Crippen LogP) is 3.69. The Hall–Kier alpha value is -0.910. The molecule has 0 saturated heterocycles. The number of aliphatic hydroxyl groups excluding tert-OH is 1. The number of anilines is 1. The molecule has 0 heterocycles. The van der Waals surface area contributed by atoms with Gasteiger partial charge in [0.1, 0.15) is 0 Å². The van der Waals surface area contributed by atoms with Gasteiger partial charge >= 0.3 is 6.03 Å². The van der Waals surface area contributed by atoms with Gasteiger partial charge in [-0.1, -0.05) is 11.6 Å². The molecule has 0 aliphatic heterocycles. The van der Waals surface area contributed by atoms with Gasteiger partial charge in [0.15, 0.2) is 0 Å². The highest BCUT2D eigenvalue weighted by Gasteiger charge is 2.18. The van der Waals surface area contributed by atoms with Crippen molar-refractivity contribution >= 4 is 35.1 Å². The minimum atomic E-state index is -0.564. The molecule has 112 valence electrons. The largest absolute Gasteiger partial charge is 0.392 e. The Balaban J connectivity index is 2.80. The molecule has 0 saturated carbocycles. The van der Waals surface area contributed by atoms with Gasteiger partial charge in [-0.3, -0.25) is 0 Å². The van der Waals surface area contributed by atoms with Crippen LogP contribution < -0.4 is 5.32 Å². The molecule has 0 aliphatic rings. The lowest BCUT2D eigenvalue weighted by Gasteiger charge is -2.28. The lowest BCUT2D eigenvalue weighted by atomic mass is 10.2. The molecule has 0 aliphatic carbocycles. The maximum Gasteiger partial charge on any atom is 0.322 e. The number of rotatable bonds is 5. The monoisotopic (exact) mass is 316 g/mol. The number of nitrogens with zero attached hydrogens (tertiary/aromatic N) is 1. The first-order valence-electron chi connectivity index (χ1n) is 6.44. The van der Waals surface area contributed by atoms with Crippen molar-refractivity contribution in [2.75, 3.05) is 18.1 Å². The summed E-state index contributed by atoms with van der Waals surface area (Å²) in [5.74, 6) is 0. The summed E-state index contributed by atoms with van der Waals surface area (Å²) in [6.07, 6.45) is 1.38. The van der Waals surface area contributed by atoms with Crippen LogP contribution in [0.25, 0.3) is 0 Å². The number of carbonyl (C=O) groups is 1. The molecule has 2 amide bonds. The molecule has 0 bridgehead atoms. The predicted molar refractivity (Wildman–Crippen MR) is 85.8 cm³/mol. The van der Waals surface area contributed by atoms with Gasteiger partial charge < -0.3 is 15.3 Å². The minimum Gasteiger partial charge on any atom is -0.392 e. The van der Waals surface area contributed by atoms with E-state index in [1.165, 1.54) is 0 Å². The molecule has 0 fully saturated rings. The summed E-state index contributed by atoms with van der Waals surface area (Å²) in [5, 5.41) is 12.9. The average Bonchev–Trinajstić information content (AvgIpc) is 2.35. The van der Waals surface area contributed by atoms with Gasteiger partial charge in [-0.25, -0.2) is 4.79 Å². The number of aliphatic hydroxyl groups is 1. The Morgan fingerprint density at radius 3 is 2.55 bits per heavy atom.